The fourth-order valence-corrected chi connectivity index (χ4v) is 2.51. The molecule has 0 aromatic carbocycles. The quantitative estimate of drug-likeness (QED) is 0.763. The second-order valence-corrected chi connectivity index (χ2v) is 4.79. The van der Waals surface area contributed by atoms with Crippen molar-refractivity contribution >= 4 is 5.91 Å². The van der Waals surface area contributed by atoms with Gasteiger partial charge in [-0.25, -0.2) is 0 Å². The fraction of sp³-hybridized carbons (Fsp3) is 0.917. The molecule has 0 radical (unpaired) electrons. The zero-order valence-electron chi connectivity index (χ0n) is 9.67. The van der Waals surface area contributed by atoms with Crippen LogP contribution in [0.15, 0.2) is 0 Å². The maximum absolute atomic E-state index is 12.0. The van der Waals surface area contributed by atoms with E-state index in [1.807, 2.05) is 0 Å². The second kappa shape index (κ2) is 4.97. The summed E-state index contributed by atoms with van der Waals surface area (Å²) in [6.45, 7) is 5.12. The van der Waals surface area contributed by atoms with Gasteiger partial charge in [-0.05, 0) is 32.2 Å². The van der Waals surface area contributed by atoms with Gasteiger partial charge in [-0.2, -0.15) is 0 Å². The maximum atomic E-state index is 12.0. The molecule has 0 bridgehead atoms. The Morgan fingerprint density at radius 1 is 1.27 bits per heavy atom. The van der Waals surface area contributed by atoms with Gasteiger partial charge < -0.3 is 10.2 Å². The molecule has 1 saturated carbocycles. The van der Waals surface area contributed by atoms with Crippen LogP contribution in [0.2, 0.25) is 0 Å². The lowest BCUT2D eigenvalue weighted by Crippen LogP contribution is -2.47. The first kappa shape index (κ1) is 10.9. The van der Waals surface area contributed by atoms with E-state index in [0.29, 0.717) is 17.9 Å². The summed E-state index contributed by atoms with van der Waals surface area (Å²) in [5.74, 6) is 0.803. The average Bonchev–Trinajstić information content (AvgIpc) is 2.16. The van der Waals surface area contributed by atoms with Crippen molar-refractivity contribution in [2.45, 2.75) is 45.1 Å². The predicted molar refractivity (Wildman–Crippen MR) is 60.6 cm³/mol. The van der Waals surface area contributed by atoms with E-state index in [9.17, 15) is 4.79 Å². The SMILES string of the molecule is CCNC1CCN(C(=O)C2CCC2)CC1. The minimum Gasteiger partial charge on any atom is -0.342 e. The van der Waals surface area contributed by atoms with Crippen molar-refractivity contribution < 1.29 is 4.79 Å². The van der Waals surface area contributed by atoms with E-state index in [2.05, 4.69) is 17.1 Å². The van der Waals surface area contributed by atoms with Gasteiger partial charge in [0.25, 0.3) is 0 Å². The van der Waals surface area contributed by atoms with Crippen LogP contribution in [-0.4, -0.2) is 36.5 Å². The van der Waals surface area contributed by atoms with Crippen molar-refractivity contribution in [3.63, 3.8) is 0 Å². The standard InChI is InChI=1S/C12H22N2O/c1-2-13-11-6-8-14(9-7-11)12(15)10-4-3-5-10/h10-11,13H,2-9H2,1H3. The molecule has 15 heavy (non-hydrogen) atoms. The molecule has 1 aliphatic heterocycles. The number of piperidine rings is 1. The zero-order valence-corrected chi connectivity index (χ0v) is 9.67. The highest BCUT2D eigenvalue weighted by Gasteiger charge is 2.31. The Balaban J connectivity index is 1.74. The lowest BCUT2D eigenvalue weighted by atomic mass is 9.84. The normalized spacial score (nSPS) is 23.9. The number of nitrogens with one attached hydrogen (secondary N) is 1. The third kappa shape index (κ3) is 2.51. The summed E-state index contributed by atoms with van der Waals surface area (Å²) in [5.41, 5.74) is 0. The molecule has 3 heteroatoms. The first-order valence-electron chi connectivity index (χ1n) is 6.33. The van der Waals surface area contributed by atoms with Crippen LogP contribution in [0.1, 0.15) is 39.0 Å². The van der Waals surface area contributed by atoms with Crippen LogP contribution in [-0.2, 0) is 4.79 Å². The highest BCUT2D eigenvalue weighted by atomic mass is 16.2. The molecule has 0 spiro atoms. The number of likely N-dealkylation sites (tertiary alicyclic amines) is 1. The molecule has 2 fully saturated rings. The van der Waals surface area contributed by atoms with Gasteiger partial charge in [0, 0.05) is 25.0 Å². The second-order valence-electron chi connectivity index (χ2n) is 4.79. The van der Waals surface area contributed by atoms with Gasteiger partial charge in [-0.3, -0.25) is 4.79 Å². The number of carbonyl (C=O) groups is 1. The van der Waals surface area contributed by atoms with Gasteiger partial charge in [0.05, 0.1) is 0 Å². The lowest BCUT2D eigenvalue weighted by molar-refractivity contribution is -0.139. The van der Waals surface area contributed by atoms with Crippen molar-refractivity contribution in [3.05, 3.63) is 0 Å². The number of rotatable bonds is 3. The molecule has 0 aromatic rings. The zero-order chi connectivity index (χ0) is 10.7. The number of carbonyl (C=O) groups excluding carboxylic acids is 1. The van der Waals surface area contributed by atoms with Crippen LogP contribution in [0.4, 0.5) is 0 Å². The molecular formula is C12H22N2O. The first-order chi connectivity index (χ1) is 7.31. The Labute approximate surface area is 92.2 Å². The largest absolute Gasteiger partial charge is 0.342 e. The van der Waals surface area contributed by atoms with E-state index in [0.717, 1.165) is 45.3 Å². The molecular weight excluding hydrogens is 188 g/mol. The molecule has 1 heterocycles. The van der Waals surface area contributed by atoms with Gasteiger partial charge in [-0.15, -0.1) is 0 Å². The Bertz CT molecular complexity index is 218. The minimum absolute atomic E-state index is 0.376. The molecule has 2 aliphatic rings. The number of hydrogen-bond donors (Lipinski definition) is 1. The van der Waals surface area contributed by atoms with Crippen LogP contribution in [0, 0.1) is 5.92 Å². The molecule has 3 nitrogen and oxygen atoms in total. The minimum atomic E-state index is 0.376. The summed E-state index contributed by atoms with van der Waals surface area (Å²) in [4.78, 5) is 14.0. The molecule has 1 N–H and O–H groups in total. The van der Waals surface area contributed by atoms with E-state index in [1.54, 1.807) is 0 Å². The van der Waals surface area contributed by atoms with Gasteiger partial charge in [0.2, 0.25) is 5.91 Å². The fourth-order valence-electron chi connectivity index (χ4n) is 2.51. The average molecular weight is 210 g/mol. The Morgan fingerprint density at radius 3 is 2.40 bits per heavy atom. The Morgan fingerprint density at radius 2 is 1.93 bits per heavy atom. The third-order valence-electron chi connectivity index (χ3n) is 3.75. The highest BCUT2D eigenvalue weighted by molar-refractivity contribution is 5.79. The summed E-state index contributed by atoms with van der Waals surface area (Å²) in [6.07, 6.45) is 5.78. The predicted octanol–water partition coefficient (Wildman–Crippen LogP) is 1.39. The summed E-state index contributed by atoms with van der Waals surface area (Å²) in [6, 6.07) is 0.639. The van der Waals surface area contributed by atoms with Crippen molar-refractivity contribution in [1.29, 1.82) is 0 Å². The summed E-state index contributed by atoms with van der Waals surface area (Å²) < 4.78 is 0. The van der Waals surface area contributed by atoms with Crippen molar-refractivity contribution in [2.75, 3.05) is 19.6 Å². The van der Waals surface area contributed by atoms with Gasteiger partial charge >= 0.3 is 0 Å². The smallest absolute Gasteiger partial charge is 0.225 e. The van der Waals surface area contributed by atoms with Crippen LogP contribution >= 0.6 is 0 Å². The molecule has 2 rings (SSSR count). The van der Waals surface area contributed by atoms with Crippen molar-refractivity contribution in [3.8, 4) is 0 Å². The molecule has 1 amide bonds. The van der Waals surface area contributed by atoms with E-state index in [-0.39, 0.29) is 0 Å². The Hall–Kier alpha value is -0.570. The molecule has 0 atom stereocenters. The Kier molecular flexibility index (Phi) is 3.62. The monoisotopic (exact) mass is 210 g/mol. The first-order valence-corrected chi connectivity index (χ1v) is 6.33. The highest BCUT2D eigenvalue weighted by Crippen LogP contribution is 2.29. The lowest BCUT2D eigenvalue weighted by Gasteiger charge is -2.36. The molecule has 0 aromatic heterocycles. The van der Waals surface area contributed by atoms with E-state index >= 15 is 0 Å². The number of nitrogens with zero attached hydrogens (tertiary/aromatic N) is 1. The van der Waals surface area contributed by atoms with Gasteiger partial charge in [0.1, 0.15) is 0 Å². The number of amides is 1. The summed E-state index contributed by atoms with van der Waals surface area (Å²) >= 11 is 0. The van der Waals surface area contributed by atoms with E-state index < -0.39 is 0 Å². The van der Waals surface area contributed by atoms with Crippen LogP contribution in [0.3, 0.4) is 0 Å². The van der Waals surface area contributed by atoms with Crippen LogP contribution < -0.4 is 5.32 Å². The third-order valence-corrected chi connectivity index (χ3v) is 3.75. The van der Waals surface area contributed by atoms with E-state index in [1.165, 1.54) is 6.42 Å². The summed E-state index contributed by atoms with van der Waals surface area (Å²) in [7, 11) is 0. The van der Waals surface area contributed by atoms with Crippen molar-refractivity contribution in [2.24, 2.45) is 5.92 Å². The van der Waals surface area contributed by atoms with Gasteiger partial charge in [0.15, 0.2) is 0 Å². The topological polar surface area (TPSA) is 32.3 Å². The van der Waals surface area contributed by atoms with Crippen LogP contribution in [0.5, 0.6) is 0 Å². The molecule has 1 saturated heterocycles. The molecule has 1 aliphatic carbocycles. The van der Waals surface area contributed by atoms with E-state index in [4.69, 9.17) is 0 Å². The molecule has 86 valence electrons. The van der Waals surface area contributed by atoms with Gasteiger partial charge in [-0.1, -0.05) is 13.3 Å². The molecule has 0 unspecified atom stereocenters. The van der Waals surface area contributed by atoms with Crippen molar-refractivity contribution in [1.82, 2.24) is 10.2 Å². The summed E-state index contributed by atoms with van der Waals surface area (Å²) in [5, 5.41) is 3.46. The van der Waals surface area contributed by atoms with Crippen LogP contribution in [0.25, 0.3) is 0 Å². The number of hydrogen-bond acceptors (Lipinski definition) is 2. The maximum Gasteiger partial charge on any atom is 0.225 e.